The van der Waals surface area contributed by atoms with Crippen LogP contribution in [0.15, 0.2) is 54.6 Å². The molecule has 1 aliphatic heterocycles. The molecule has 0 atom stereocenters. The molecule has 0 fully saturated rings. The SMILES string of the molecule is Oc1cccc2c1N(Cc1ccccc1)CC=C2. The molecule has 2 heteroatoms. The minimum Gasteiger partial charge on any atom is -0.506 e. The molecule has 2 nitrogen and oxygen atoms in total. The topological polar surface area (TPSA) is 23.5 Å². The van der Waals surface area contributed by atoms with Crippen molar-refractivity contribution in [1.29, 1.82) is 0 Å². The second-order valence-electron chi connectivity index (χ2n) is 4.48. The van der Waals surface area contributed by atoms with Crippen LogP contribution in [0, 0.1) is 0 Å². The maximum atomic E-state index is 10.0. The first-order valence-corrected chi connectivity index (χ1v) is 6.12. The number of rotatable bonds is 2. The molecule has 0 aliphatic carbocycles. The van der Waals surface area contributed by atoms with E-state index in [-0.39, 0.29) is 0 Å². The molecule has 0 amide bonds. The van der Waals surface area contributed by atoms with Crippen molar-refractivity contribution >= 4 is 11.8 Å². The molecule has 2 aromatic carbocycles. The third-order valence-corrected chi connectivity index (χ3v) is 3.20. The van der Waals surface area contributed by atoms with E-state index in [1.54, 1.807) is 6.07 Å². The summed E-state index contributed by atoms with van der Waals surface area (Å²) >= 11 is 0. The first-order valence-electron chi connectivity index (χ1n) is 6.12. The summed E-state index contributed by atoms with van der Waals surface area (Å²) in [5.74, 6) is 0.354. The lowest BCUT2D eigenvalue weighted by Crippen LogP contribution is -2.25. The Morgan fingerprint density at radius 1 is 1.00 bits per heavy atom. The third kappa shape index (κ3) is 1.97. The molecule has 3 rings (SSSR count). The summed E-state index contributed by atoms with van der Waals surface area (Å²) in [4.78, 5) is 2.19. The Kier molecular flexibility index (Phi) is 2.77. The second-order valence-corrected chi connectivity index (χ2v) is 4.48. The van der Waals surface area contributed by atoms with Crippen LogP contribution in [0.3, 0.4) is 0 Å². The number of phenols is 1. The van der Waals surface area contributed by atoms with Crippen LogP contribution < -0.4 is 4.90 Å². The fourth-order valence-corrected chi connectivity index (χ4v) is 2.37. The van der Waals surface area contributed by atoms with Crippen LogP contribution in [-0.4, -0.2) is 11.7 Å². The highest BCUT2D eigenvalue weighted by Gasteiger charge is 2.16. The summed E-state index contributed by atoms with van der Waals surface area (Å²) in [7, 11) is 0. The van der Waals surface area contributed by atoms with Gasteiger partial charge in [-0.2, -0.15) is 0 Å². The van der Waals surface area contributed by atoms with Crippen molar-refractivity contribution in [2.45, 2.75) is 6.54 Å². The Balaban J connectivity index is 1.94. The summed E-state index contributed by atoms with van der Waals surface area (Å²) in [6, 6.07) is 16.0. The fourth-order valence-electron chi connectivity index (χ4n) is 2.37. The Morgan fingerprint density at radius 3 is 2.67 bits per heavy atom. The Bertz CT molecular complexity index is 575. The fraction of sp³-hybridized carbons (Fsp3) is 0.125. The second kappa shape index (κ2) is 4.57. The van der Waals surface area contributed by atoms with Gasteiger partial charge in [0.05, 0.1) is 5.69 Å². The molecule has 1 aliphatic rings. The predicted octanol–water partition coefficient (Wildman–Crippen LogP) is 3.43. The standard InChI is InChI=1S/C16H15NO/c18-15-10-4-8-14-9-5-11-17(16(14)15)12-13-6-2-1-3-7-13/h1-10,18H,11-12H2. The number of hydrogen-bond acceptors (Lipinski definition) is 2. The van der Waals surface area contributed by atoms with Crippen molar-refractivity contribution in [1.82, 2.24) is 0 Å². The zero-order valence-electron chi connectivity index (χ0n) is 10.1. The van der Waals surface area contributed by atoms with E-state index >= 15 is 0 Å². The zero-order chi connectivity index (χ0) is 12.4. The van der Waals surface area contributed by atoms with E-state index in [0.29, 0.717) is 5.75 Å². The van der Waals surface area contributed by atoms with Gasteiger partial charge in [0, 0.05) is 18.7 Å². The monoisotopic (exact) mass is 237 g/mol. The number of benzene rings is 2. The third-order valence-electron chi connectivity index (χ3n) is 3.20. The molecular weight excluding hydrogens is 222 g/mol. The maximum Gasteiger partial charge on any atom is 0.139 e. The van der Waals surface area contributed by atoms with Gasteiger partial charge in [-0.1, -0.05) is 54.6 Å². The van der Waals surface area contributed by atoms with Gasteiger partial charge in [-0.05, 0) is 11.6 Å². The lowest BCUT2D eigenvalue weighted by Gasteiger charge is -2.28. The Labute approximate surface area is 107 Å². The van der Waals surface area contributed by atoms with Gasteiger partial charge in [0.25, 0.3) is 0 Å². The van der Waals surface area contributed by atoms with Gasteiger partial charge >= 0.3 is 0 Å². The summed E-state index contributed by atoms with van der Waals surface area (Å²) in [5, 5.41) is 10.0. The number of nitrogens with zero attached hydrogens (tertiary/aromatic N) is 1. The van der Waals surface area contributed by atoms with Crippen molar-refractivity contribution in [2.75, 3.05) is 11.4 Å². The lowest BCUT2D eigenvalue weighted by atomic mass is 10.1. The highest BCUT2D eigenvalue weighted by molar-refractivity contribution is 5.76. The van der Waals surface area contributed by atoms with Crippen molar-refractivity contribution in [3.8, 4) is 5.75 Å². The molecule has 18 heavy (non-hydrogen) atoms. The average Bonchev–Trinajstić information content (AvgIpc) is 2.40. The minimum atomic E-state index is 0.354. The zero-order valence-corrected chi connectivity index (χ0v) is 10.1. The van der Waals surface area contributed by atoms with Gasteiger partial charge in [0.1, 0.15) is 5.75 Å². The number of fused-ring (bicyclic) bond motifs is 1. The molecule has 0 radical (unpaired) electrons. The van der Waals surface area contributed by atoms with Crippen LogP contribution >= 0.6 is 0 Å². The molecule has 0 saturated heterocycles. The van der Waals surface area contributed by atoms with E-state index in [0.717, 1.165) is 24.3 Å². The maximum absolute atomic E-state index is 10.0. The number of aromatic hydroxyl groups is 1. The van der Waals surface area contributed by atoms with Crippen LogP contribution in [0.5, 0.6) is 5.75 Å². The molecule has 1 N–H and O–H groups in total. The van der Waals surface area contributed by atoms with Crippen molar-refractivity contribution in [3.63, 3.8) is 0 Å². The number of para-hydroxylation sites is 1. The first-order chi connectivity index (χ1) is 8.84. The van der Waals surface area contributed by atoms with Crippen LogP contribution in [-0.2, 0) is 6.54 Å². The van der Waals surface area contributed by atoms with Gasteiger partial charge in [0.15, 0.2) is 0 Å². The summed E-state index contributed by atoms with van der Waals surface area (Å²) in [6.07, 6.45) is 4.20. The van der Waals surface area contributed by atoms with E-state index in [1.807, 2.05) is 30.3 Å². The highest BCUT2D eigenvalue weighted by atomic mass is 16.3. The molecule has 0 unspecified atom stereocenters. The number of anilines is 1. The van der Waals surface area contributed by atoms with Crippen molar-refractivity contribution < 1.29 is 5.11 Å². The van der Waals surface area contributed by atoms with Crippen molar-refractivity contribution in [2.24, 2.45) is 0 Å². The van der Waals surface area contributed by atoms with Gasteiger partial charge in [-0.25, -0.2) is 0 Å². The Morgan fingerprint density at radius 2 is 1.83 bits per heavy atom. The number of hydrogen-bond donors (Lipinski definition) is 1. The molecule has 0 aromatic heterocycles. The van der Waals surface area contributed by atoms with E-state index in [2.05, 4.69) is 29.2 Å². The summed E-state index contributed by atoms with van der Waals surface area (Å²) in [6.45, 7) is 1.65. The molecule has 0 spiro atoms. The van der Waals surface area contributed by atoms with Crippen LogP contribution in [0.25, 0.3) is 6.08 Å². The van der Waals surface area contributed by atoms with E-state index in [1.165, 1.54) is 5.56 Å². The summed E-state index contributed by atoms with van der Waals surface area (Å²) < 4.78 is 0. The molecule has 2 aromatic rings. The normalized spacial score (nSPS) is 13.4. The van der Waals surface area contributed by atoms with E-state index < -0.39 is 0 Å². The van der Waals surface area contributed by atoms with Gasteiger partial charge in [-0.3, -0.25) is 0 Å². The molecule has 1 heterocycles. The smallest absolute Gasteiger partial charge is 0.139 e. The number of phenolic OH excluding ortho intramolecular Hbond substituents is 1. The molecule has 90 valence electrons. The van der Waals surface area contributed by atoms with Gasteiger partial charge in [-0.15, -0.1) is 0 Å². The van der Waals surface area contributed by atoms with Gasteiger partial charge < -0.3 is 10.0 Å². The predicted molar refractivity (Wildman–Crippen MR) is 74.6 cm³/mol. The summed E-state index contributed by atoms with van der Waals surface area (Å²) in [5.41, 5.74) is 3.27. The van der Waals surface area contributed by atoms with Crippen LogP contribution in [0.4, 0.5) is 5.69 Å². The largest absolute Gasteiger partial charge is 0.506 e. The molecule has 0 bridgehead atoms. The van der Waals surface area contributed by atoms with Gasteiger partial charge in [0.2, 0.25) is 0 Å². The van der Waals surface area contributed by atoms with Crippen LogP contribution in [0.1, 0.15) is 11.1 Å². The first kappa shape index (κ1) is 10.9. The Hall–Kier alpha value is -2.22. The average molecular weight is 237 g/mol. The van der Waals surface area contributed by atoms with Crippen molar-refractivity contribution in [3.05, 3.63) is 65.7 Å². The van der Waals surface area contributed by atoms with E-state index in [9.17, 15) is 5.11 Å². The highest BCUT2D eigenvalue weighted by Crippen LogP contribution is 2.35. The molecule has 0 saturated carbocycles. The van der Waals surface area contributed by atoms with E-state index in [4.69, 9.17) is 0 Å². The lowest BCUT2D eigenvalue weighted by molar-refractivity contribution is 0.474. The van der Waals surface area contributed by atoms with Crippen LogP contribution in [0.2, 0.25) is 0 Å². The molecular formula is C16H15NO. The quantitative estimate of drug-likeness (QED) is 0.865. The minimum absolute atomic E-state index is 0.354.